The van der Waals surface area contributed by atoms with Crippen LogP contribution in [0.3, 0.4) is 0 Å². The van der Waals surface area contributed by atoms with Gasteiger partial charge in [0.25, 0.3) is 6.41 Å². The largest absolute Gasteiger partial charge is 0.413 e. The SMILES string of the molecule is CC(C)(C)OC1Nc2nc(Cl)ccc2C(=O)O1. The predicted octanol–water partition coefficient (Wildman–Crippen LogP) is 2.42. The van der Waals surface area contributed by atoms with Gasteiger partial charge in [-0.3, -0.25) is 0 Å². The molecule has 1 N–H and O–H groups in total. The van der Waals surface area contributed by atoms with Gasteiger partial charge in [-0.25, -0.2) is 9.78 Å². The van der Waals surface area contributed by atoms with E-state index >= 15 is 0 Å². The molecule has 0 bridgehead atoms. The molecule has 1 atom stereocenters. The summed E-state index contributed by atoms with van der Waals surface area (Å²) in [6, 6.07) is 3.10. The lowest BCUT2D eigenvalue weighted by Crippen LogP contribution is -2.40. The second-order valence-electron chi connectivity index (χ2n) is 4.64. The molecule has 1 unspecified atom stereocenters. The van der Waals surface area contributed by atoms with Crippen molar-refractivity contribution in [2.45, 2.75) is 32.8 Å². The number of anilines is 1. The number of pyridine rings is 1. The van der Waals surface area contributed by atoms with E-state index in [1.807, 2.05) is 20.8 Å². The fourth-order valence-corrected chi connectivity index (χ4v) is 1.53. The standard InChI is InChI=1S/C11H13ClN2O3/c1-11(2,3)17-10-14-8-6(9(15)16-10)4-5-7(12)13-8/h4-5,10H,1-3H3,(H,13,14). The lowest BCUT2D eigenvalue weighted by Gasteiger charge is -2.30. The number of aromatic nitrogens is 1. The Morgan fingerprint density at radius 3 is 2.82 bits per heavy atom. The minimum absolute atomic E-state index is 0.306. The van der Waals surface area contributed by atoms with Crippen LogP contribution in [0.1, 0.15) is 31.1 Å². The summed E-state index contributed by atoms with van der Waals surface area (Å²) >= 11 is 5.76. The Kier molecular flexibility index (Phi) is 2.97. The van der Waals surface area contributed by atoms with Crippen molar-refractivity contribution in [1.82, 2.24) is 4.98 Å². The smallest absolute Gasteiger partial charge is 0.345 e. The number of nitrogens with zero attached hydrogens (tertiary/aromatic N) is 1. The van der Waals surface area contributed by atoms with Crippen LogP contribution in [0, 0.1) is 0 Å². The van der Waals surface area contributed by atoms with Crippen LogP contribution in [0.2, 0.25) is 5.15 Å². The molecular weight excluding hydrogens is 244 g/mol. The molecule has 0 aliphatic carbocycles. The molecule has 0 spiro atoms. The highest BCUT2D eigenvalue weighted by atomic mass is 35.5. The zero-order valence-corrected chi connectivity index (χ0v) is 10.5. The quantitative estimate of drug-likeness (QED) is 0.618. The zero-order chi connectivity index (χ0) is 12.6. The van der Waals surface area contributed by atoms with Crippen molar-refractivity contribution in [3.05, 3.63) is 22.8 Å². The molecule has 5 nitrogen and oxygen atoms in total. The van der Waals surface area contributed by atoms with Crippen molar-refractivity contribution in [3.63, 3.8) is 0 Å². The summed E-state index contributed by atoms with van der Waals surface area (Å²) in [5.74, 6) is -0.0971. The average molecular weight is 257 g/mol. The summed E-state index contributed by atoms with van der Waals surface area (Å²) in [5.41, 5.74) is -0.0863. The lowest BCUT2D eigenvalue weighted by molar-refractivity contribution is -0.155. The average Bonchev–Trinajstić information content (AvgIpc) is 2.13. The topological polar surface area (TPSA) is 60.5 Å². The van der Waals surface area contributed by atoms with E-state index in [2.05, 4.69) is 10.3 Å². The van der Waals surface area contributed by atoms with Gasteiger partial charge in [-0.15, -0.1) is 0 Å². The van der Waals surface area contributed by atoms with Crippen LogP contribution < -0.4 is 5.32 Å². The van der Waals surface area contributed by atoms with Crippen molar-refractivity contribution in [3.8, 4) is 0 Å². The summed E-state index contributed by atoms with van der Waals surface area (Å²) in [6.07, 6.45) is -0.846. The van der Waals surface area contributed by atoms with Crippen molar-refractivity contribution < 1.29 is 14.3 Å². The summed E-state index contributed by atoms with van der Waals surface area (Å²) < 4.78 is 10.6. The Morgan fingerprint density at radius 2 is 2.18 bits per heavy atom. The van der Waals surface area contributed by atoms with Crippen LogP contribution in [-0.2, 0) is 9.47 Å². The molecule has 0 saturated heterocycles. The van der Waals surface area contributed by atoms with Gasteiger partial charge in [0, 0.05) is 0 Å². The molecule has 0 saturated carbocycles. The molecule has 0 fully saturated rings. The monoisotopic (exact) mass is 256 g/mol. The van der Waals surface area contributed by atoms with E-state index in [1.165, 1.54) is 6.07 Å². The van der Waals surface area contributed by atoms with Crippen LogP contribution in [0.25, 0.3) is 0 Å². The van der Waals surface area contributed by atoms with E-state index in [1.54, 1.807) is 6.07 Å². The van der Waals surface area contributed by atoms with Crippen LogP contribution in [-0.4, -0.2) is 23.0 Å². The van der Waals surface area contributed by atoms with Crippen LogP contribution in [0.4, 0.5) is 5.82 Å². The Hall–Kier alpha value is -1.33. The van der Waals surface area contributed by atoms with Crippen molar-refractivity contribution in [1.29, 1.82) is 0 Å². The first kappa shape index (κ1) is 12.1. The number of halogens is 1. The highest BCUT2D eigenvalue weighted by Crippen LogP contribution is 2.25. The number of carbonyl (C=O) groups is 1. The summed E-state index contributed by atoms with van der Waals surface area (Å²) in [5, 5.41) is 3.17. The van der Waals surface area contributed by atoms with Crippen molar-refractivity contribution >= 4 is 23.4 Å². The number of hydrogen-bond donors (Lipinski definition) is 1. The first-order valence-electron chi connectivity index (χ1n) is 5.17. The molecule has 1 aromatic heterocycles. The fourth-order valence-electron chi connectivity index (χ4n) is 1.39. The highest BCUT2D eigenvalue weighted by Gasteiger charge is 2.30. The fraction of sp³-hybridized carbons (Fsp3) is 0.455. The summed E-state index contributed by atoms with van der Waals surface area (Å²) in [7, 11) is 0. The second kappa shape index (κ2) is 4.16. The van der Waals surface area contributed by atoms with E-state index in [4.69, 9.17) is 21.1 Å². The number of carbonyl (C=O) groups excluding carboxylic acids is 1. The Balaban J connectivity index is 2.23. The van der Waals surface area contributed by atoms with Gasteiger partial charge in [0.05, 0.1) is 5.60 Å². The van der Waals surface area contributed by atoms with Crippen molar-refractivity contribution in [2.75, 3.05) is 5.32 Å². The third kappa shape index (κ3) is 2.87. The van der Waals surface area contributed by atoms with Gasteiger partial charge in [0.15, 0.2) is 0 Å². The molecule has 92 valence electrons. The number of rotatable bonds is 1. The van der Waals surface area contributed by atoms with E-state index < -0.39 is 18.0 Å². The minimum atomic E-state index is -0.846. The number of hydrogen-bond acceptors (Lipinski definition) is 5. The van der Waals surface area contributed by atoms with Crippen molar-refractivity contribution in [2.24, 2.45) is 0 Å². The second-order valence-corrected chi connectivity index (χ2v) is 5.03. The normalized spacial score (nSPS) is 19.3. The van der Waals surface area contributed by atoms with Gasteiger partial charge in [-0.2, -0.15) is 0 Å². The van der Waals surface area contributed by atoms with Gasteiger partial charge < -0.3 is 14.8 Å². The molecule has 2 heterocycles. The molecule has 0 radical (unpaired) electrons. The third-order valence-electron chi connectivity index (χ3n) is 2.01. The Labute approximate surface area is 104 Å². The predicted molar refractivity (Wildman–Crippen MR) is 62.9 cm³/mol. The zero-order valence-electron chi connectivity index (χ0n) is 9.78. The van der Waals surface area contributed by atoms with Gasteiger partial charge in [-0.05, 0) is 32.9 Å². The number of ether oxygens (including phenoxy) is 2. The molecule has 0 amide bonds. The number of cyclic esters (lactones) is 1. The molecule has 0 aromatic carbocycles. The van der Waals surface area contributed by atoms with Gasteiger partial charge in [0.2, 0.25) is 0 Å². The van der Waals surface area contributed by atoms with E-state index in [9.17, 15) is 4.79 Å². The Bertz CT molecular complexity index is 457. The number of fused-ring (bicyclic) bond motifs is 1. The maximum atomic E-state index is 11.7. The molecule has 1 aromatic rings. The number of nitrogens with one attached hydrogen (secondary N) is 1. The summed E-state index contributed by atoms with van der Waals surface area (Å²) in [4.78, 5) is 15.7. The maximum Gasteiger partial charge on any atom is 0.345 e. The minimum Gasteiger partial charge on any atom is -0.413 e. The van der Waals surface area contributed by atoms with E-state index in [-0.39, 0.29) is 0 Å². The highest BCUT2D eigenvalue weighted by molar-refractivity contribution is 6.29. The lowest BCUT2D eigenvalue weighted by atomic mass is 10.2. The van der Waals surface area contributed by atoms with Crippen LogP contribution >= 0.6 is 11.6 Å². The van der Waals surface area contributed by atoms with E-state index in [0.29, 0.717) is 16.5 Å². The Morgan fingerprint density at radius 1 is 1.47 bits per heavy atom. The maximum absolute atomic E-state index is 11.7. The van der Waals surface area contributed by atoms with Gasteiger partial charge in [-0.1, -0.05) is 11.6 Å². The first-order valence-corrected chi connectivity index (χ1v) is 5.55. The van der Waals surface area contributed by atoms with Gasteiger partial charge in [0.1, 0.15) is 16.5 Å². The first-order chi connectivity index (χ1) is 7.85. The molecule has 2 rings (SSSR count). The molecule has 1 aliphatic heterocycles. The molecule has 1 aliphatic rings. The molecule has 6 heteroatoms. The molecule has 17 heavy (non-hydrogen) atoms. The van der Waals surface area contributed by atoms with Crippen LogP contribution in [0.15, 0.2) is 12.1 Å². The summed E-state index contributed by atoms with van der Waals surface area (Å²) in [6.45, 7) is 5.59. The molecular formula is C11H13ClN2O3. The number of esters is 1. The van der Waals surface area contributed by atoms with E-state index in [0.717, 1.165) is 0 Å². The van der Waals surface area contributed by atoms with Crippen LogP contribution in [0.5, 0.6) is 0 Å². The van der Waals surface area contributed by atoms with Gasteiger partial charge >= 0.3 is 5.97 Å². The third-order valence-corrected chi connectivity index (χ3v) is 2.22.